The summed E-state index contributed by atoms with van der Waals surface area (Å²) >= 11 is 1.73. The Bertz CT molecular complexity index is 946. The molecule has 0 unspecified atom stereocenters. The summed E-state index contributed by atoms with van der Waals surface area (Å²) in [6.45, 7) is 1.21. The predicted molar refractivity (Wildman–Crippen MR) is 87.2 cm³/mol. The van der Waals surface area contributed by atoms with Gasteiger partial charge in [-0.1, -0.05) is 17.3 Å². The SMILES string of the molecule is O=C(Cn1nnc2ccccc2c1=O)N1CCc2sccc2C1. The number of hydrogen-bond donors (Lipinski definition) is 0. The molecule has 116 valence electrons. The molecule has 0 bridgehead atoms. The third-order valence-corrected chi connectivity index (χ3v) is 5.10. The summed E-state index contributed by atoms with van der Waals surface area (Å²) in [5.74, 6) is -0.103. The Kier molecular flexibility index (Phi) is 3.42. The van der Waals surface area contributed by atoms with Crippen molar-refractivity contribution in [3.05, 3.63) is 56.5 Å². The van der Waals surface area contributed by atoms with Crippen LogP contribution >= 0.6 is 11.3 Å². The second-order valence-corrected chi connectivity index (χ2v) is 6.50. The molecular weight excluding hydrogens is 312 g/mol. The fraction of sp³-hybridized carbons (Fsp3) is 0.250. The normalized spacial score (nSPS) is 14.0. The fourth-order valence-corrected chi connectivity index (χ4v) is 3.71. The van der Waals surface area contributed by atoms with Crippen LogP contribution in [0.3, 0.4) is 0 Å². The van der Waals surface area contributed by atoms with E-state index in [9.17, 15) is 9.59 Å². The largest absolute Gasteiger partial charge is 0.336 e. The standard InChI is InChI=1S/C16H14N4O2S/c21-15(19-7-5-14-11(9-19)6-8-23-14)10-20-16(22)12-3-1-2-4-13(12)17-18-20/h1-4,6,8H,5,7,9-10H2. The van der Waals surface area contributed by atoms with Gasteiger partial charge in [-0.2, -0.15) is 0 Å². The maximum Gasteiger partial charge on any atom is 0.278 e. The first-order valence-corrected chi connectivity index (χ1v) is 8.26. The maximum absolute atomic E-state index is 12.5. The van der Waals surface area contributed by atoms with Gasteiger partial charge in [0.1, 0.15) is 12.1 Å². The third-order valence-electron chi connectivity index (χ3n) is 4.07. The summed E-state index contributed by atoms with van der Waals surface area (Å²) in [7, 11) is 0. The summed E-state index contributed by atoms with van der Waals surface area (Å²) in [4.78, 5) is 28.0. The minimum Gasteiger partial charge on any atom is -0.336 e. The van der Waals surface area contributed by atoms with Gasteiger partial charge in [-0.3, -0.25) is 9.59 Å². The third kappa shape index (κ3) is 2.53. The number of fused-ring (bicyclic) bond motifs is 2. The maximum atomic E-state index is 12.5. The van der Waals surface area contributed by atoms with Crippen molar-refractivity contribution >= 4 is 28.1 Å². The molecule has 1 amide bonds. The van der Waals surface area contributed by atoms with Gasteiger partial charge in [0.15, 0.2) is 0 Å². The molecule has 3 heterocycles. The van der Waals surface area contributed by atoms with Crippen LogP contribution in [0.25, 0.3) is 10.9 Å². The van der Waals surface area contributed by atoms with Crippen molar-refractivity contribution < 1.29 is 4.79 Å². The van der Waals surface area contributed by atoms with E-state index < -0.39 is 0 Å². The van der Waals surface area contributed by atoms with E-state index in [-0.39, 0.29) is 18.0 Å². The molecular formula is C16H14N4O2S. The van der Waals surface area contributed by atoms with Crippen LogP contribution in [0.5, 0.6) is 0 Å². The van der Waals surface area contributed by atoms with Gasteiger partial charge in [-0.05, 0) is 35.6 Å². The summed E-state index contributed by atoms with van der Waals surface area (Å²) < 4.78 is 1.15. The highest BCUT2D eigenvalue weighted by Crippen LogP contribution is 2.24. The second kappa shape index (κ2) is 5.58. The van der Waals surface area contributed by atoms with Crippen molar-refractivity contribution in [2.45, 2.75) is 19.5 Å². The Morgan fingerprint density at radius 3 is 3.04 bits per heavy atom. The topological polar surface area (TPSA) is 68.1 Å². The highest BCUT2D eigenvalue weighted by atomic mass is 32.1. The van der Waals surface area contributed by atoms with E-state index in [1.165, 1.54) is 10.4 Å². The molecule has 0 aliphatic carbocycles. The Morgan fingerprint density at radius 2 is 2.13 bits per heavy atom. The lowest BCUT2D eigenvalue weighted by Crippen LogP contribution is -2.40. The van der Waals surface area contributed by atoms with Gasteiger partial charge in [0.25, 0.3) is 5.56 Å². The van der Waals surface area contributed by atoms with E-state index in [1.54, 1.807) is 40.5 Å². The van der Waals surface area contributed by atoms with Crippen LogP contribution in [0.1, 0.15) is 10.4 Å². The van der Waals surface area contributed by atoms with Gasteiger partial charge in [-0.15, -0.1) is 16.4 Å². The monoisotopic (exact) mass is 326 g/mol. The molecule has 0 radical (unpaired) electrons. The van der Waals surface area contributed by atoms with Crippen molar-refractivity contribution in [3.8, 4) is 0 Å². The lowest BCUT2D eigenvalue weighted by atomic mass is 10.1. The van der Waals surface area contributed by atoms with Crippen LogP contribution in [-0.4, -0.2) is 32.3 Å². The van der Waals surface area contributed by atoms with Gasteiger partial charge >= 0.3 is 0 Å². The Balaban J connectivity index is 1.58. The number of amides is 1. The lowest BCUT2D eigenvalue weighted by molar-refractivity contribution is -0.133. The summed E-state index contributed by atoms with van der Waals surface area (Å²) in [5.41, 5.74) is 1.46. The highest BCUT2D eigenvalue weighted by Gasteiger charge is 2.22. The molecule has 4 rings (SSSR count). The second-order valence-electron chi connectivity index (χ2n) is 5.50. The van der Waals surface area contributed by atoms with E-state index in [1.807, 2.05) is 0 Å². The number of rotatable bonds is 2. The molecule has 6 nitrogen and oxygen atoms in total. The number of thiophene rings is 1. The zero-order chi connectivity index (χ0) is 15.8. The quantitative estimate of drug-likeness (QED) is 0.714. The molecule has 1 aliphatic rings. The Hall–Kier alpha value is -2.54. The predicted octanol–water partition coefficient (Wildman–Crippen LogP) is 1.44. The van der Waals surface area contributed by atoms with E-state index in [2.05, 4.69) is 21.8 Å². The molecule has 0 atom stereocenters. The van der Waals surface area contributed by atoms with Gasteiger partial charge < -0.3 is 4.90 Å². The number of nitrogens with zero attached hydrogens (tertiary/aromatic N) is 4. The summed E-state index contributed by atoms with van der Waals surface area (Å²) in [6, 6.07) is 9.07. The molecule has 7 heteroatoms. The minimum atomic E-state index is -0.280. The van der Waals surface area contributed by atoms with Crippen molar-refractivity contribution in [3.63, 3.8) is 0 Å². The fourth-order valence-electron chi connectivity index (χ4n) is 2.82. The van der Waals surface area contributed by atoms with E-state index >= 15 is 0 Å². The van der Waals surface area contributed by atoms with Gasteiger partial charge in [0, 0.05) is 18.0 Å². The zero-order valence-corrected chi connectivity index (χ0v) is 13.1. The average molecular weight is 326 g/mol. The van der Waals surface area contributed by atoms with E-state index in [0.717, 1.165) is 11.1 Å². The number of carbonyl (C=O) groups is 1. The van der Waals surface area contributed by atoms with Gasteiger partial charge in [0.05, 0.1) is 5.39 Å². The lowest BCUT2D eigenvalue weighted by Gasteiger charge is -2.27. The van der Waals surface area contributed by atoms with Crippen LogP contribution in [0.15, 0.2) is 40.5 Å². The minimum absolute atomic E-state index is 0.0733. The average Bonchev–Trinajstić information content (AvgIpc) is 3.05. The van der Waals surface area contributed by atoms with Crippen molar-refractivity contribution in [2.24, 2.45) is 0 Å². The Labute approximate surface area is 136 Å². The summed E-state index contributed by atoms with van der Waals surface area (Å²) in [5, 5.41) is 10.4. The molecule has 0 N–H and O–H groups in total. The molecule has 1 aromatic carbocycles. The molecule has 0 saturated carbocycles. The first kappa shape index (κ1) is 14.1. The first-order valence-electron chi connectivity index (χ1n) is 7.38. The molecule has 0 saturated heterocycles. The van der Waals surface area contributed by atoms with Crippen LogP contribution < -0.4 is 5.56 Å². The van der Waals surface area contributed by atoms with Gasteiger partial charge in [0.2, 0.25) is 5.91 Å². The molecule has 0 fully saturated rings. The number of carbonyl (C=O) groups excluding carboxylic acids is 1. The van der Waals surface area contributed by atoms with E-state index in [0.29, 0.717) is 24.0 Å². The van der Waals surface area contributed by atoms with Crippen molar-refractivity contribution in [1.29, 1.82) is 0 Å². The van der Waals surface area contributed by atoms with Crippen molar-refractivity contribution in [1.82, 2.24) is 19.9 Å². The molecule has 23 heavy (non-hydrogen) atoms. The van der Waals surface area contributed by atoms with Crippen LogP contribution in [0.4, 0.5) is 0 Å². The van der Waals surface area contributed by atoms with Gasteiger partial charge in [-0.25, -0.2) is 4.68 Å². The Morgan fingerprint density at radius 1 is 1.26 bits per heavy atom. The summed E-state index contributed by atoms with van der Waals surface area (Å²) in [6.07, 6.45) is 0.872. The molecule has 1 aliphatic heterocycles. The molecule has 0 spiro atoms. The van der Waals surface area contributed by atoms with Crippen LogP contribution in [-0.2, 0) is 24.3 Å². The molecule has 2 aromatic heterocycles. The smallest absolute Gasteiger partial charge is 0.278 e. The highest BCUT2D eigenvalue weighted by molar-refractivity contribution is 7.10. The zero-order valence-electron chi connectivity index (χ0n) is 12.3. The van der Waals surface area contributed by atoms with Crippen LogP contribution in [0.2, 0.25) is 0 Å². The van der Waals surface area contributed by atoms with E-state index in [4.69, 9.17) is 0 Å². The first-order chi connectivity index (χ1) is 11.2. The van der Waals surface area contributed by atoms with Crippen LogP contribution in [0, 0.1) is 0 Å². The number of aromatic nitrogens is 3. The number of benzene rings is 1. The van der Waals surface area contributed by atoms with Crippen molar-refractivity contribution in [2.75, 3.05) is 6.54 Å². The molecule has 3 aromatic rings. The number of hydrogen-bond acceptors (Lipinski definition) is 5.